The molecule has 0 aliphatic heterocycles. The Balaban J connectivity index is -0.0000000958. The fourth-order valence-corrected chi connectivity index (χ4v) is 12.1. The van der Waals surface area contributed by atoms with Gasteiger partial charge in [-0.15, -0.1) is 0 Å². The second kappa shape index (κ2) is 66.4. The van der Waals surface area contributed by atoms with Crippen molar-refractivity contribution in [1.29, 1.82) is 0 Å². The minimum absolute atomic E-state index is 0. The van der Waals surface area contributed by atoms with E-state index in [2.05, 4.69) is 270 Å². The number of rotatable bonds is 12. The van der Waals surface area contributed by atoms with Gasteiger partial charge in [-0.05, 0) is 153 Å². The maximum Gasteiger partial charge on any atom is 0.0146 e. The molecule has 0 saturated heterocycles. The van der Waals surface area contributed by atoms with E-state index >= 15 is 0 Å². The lowest BCUT2D eigenvalue weighted by Gasteiger charge is -2.46. The van der Waals surface area contributed by atoms with E-state index in [4.69, 9.17) is 0 Å². The predicted octanol–water partition coefficient (Wildman–Crippen LogP) is 34.9. The van der Waals surface area contributed by atoms with Crippen molar-refractivity contribution >= 4 is 0 Å². The molecule has 0 N–H and O–H groups in total. The van der Waals surface area contributed by atoms with E-state index in [1.165, 1.54) is 192 Å². The summed E-state index contributed by atoms with van der Waals surface area (Å²) in [6.07, 6.45) is 35.5. The third kappa shape index (κ3) is 51.9. The molecule has 0 atom stereocenters. The van der Waals surface area contributed by atoms with Gasteiger partial charge in [-0.25, -0.2) is 0 Å². The van der Waals surface area contributed by atoms with Gasteiger partial charge in [0.1, 0.15) is 0 Å². The Morgan fingerprint density at radius 1 is 0.323 bits per heavy atom. The number of aryl methyl sites for hydroxylation is 6. The van der Waals surface area contributed by atoms with Crippen molar-refractivity contribution in [2.24, 2.45) is 64.1 Å². The molecule has 4 saturated carbocycles. The fourth-order valence-electron chi connectivity index (χ4n) is 12.1. The Bertz CT molecular complexity index is 1970. The van der Waals surface area contributed by atoms with Crippen LogP contribution in [0.2, 0.25) is 0 Å². The molecule has 8 rings (SSSR count). The van der Waals surface area contributed by atoms with Crippen LogP contribution < -0.4 is 0 Å². The van der Waals surface area contributed by atoms with Crippen molar-refractivity contribution in [1.82, 2.24) is 0 Å². The Kier molecular flexibility index (Phi) is 80.9. The molecule has 4 fully saturated rings. The van der Waals surface area contributed by atoms with E-state index in [1.54, 1.807) is 0 Å². The van der Waals surface area contributed by atoms with E-state index in [0.29, 0.717) is 10.8 Å². The van der Waals surface area contributed by atoms with E-state index in [0.717, 1.165) is 66.1 Å². The van der Waals surface area contributed by atoms with Gasteiger partial charge in [-0.1, -0.05) is 461 Å². The average Bonchev–Trinajstić information content (AvgIpc) is 0.829. The second-order valence-corrected chi connectivity index (χ2v) is 30.3. The zero-order chi connectivity index (χ0) is 65.3. The first-order valence-electron chi connectivity index (χ1n) is 36.9. The summed E-state index contributed by atoms with van der Waals surface area (Å²) in [5.41, 5.74) is 12.1. The molecule has 0 heterocycles. The van der Waals surface area contributed by atoms with Crippen LogP contribution in [0.5, 0.6) is 0 Å². The first-order chi connectivity index (χ1) is 40.6. The molecule has 0 amide bonds. The molecule has 0 heteroatoms. The Morgan fingerprint density at radius 2 is 0.531 bits per heavy atom. The molecule has 96 heavy (non-hydrogen) atoms. The molecule has 0 unspecified atom stereocenters. The Labute approximate surface area is 615 Å². The summed E-state index contributed by atoms with van der Waals surface area (Å²) in [4.78, 5) is 0. The van der Waals surface area contributed by atoms with E-state index in [-0.39, 0.29) is 79.7 Å². The van der Waals surface area contributed by atoms with Gasteiger partial charge in [0.15, 0.2) is 0 Å². The zero-order valence-electron chi connectivity index (χ0n) is 62.6. The van der Waals surface area contributed by atoms with E-state index in [1.807, 2.05) is 0 Å². The van der Waals surface area contributed by atoms with Gasteiger partial charge < -0.3 is 0 Å². The topological polar surface area (TPSA) is 0 Å². The second-order valence-electron chi connectivity index (χ2n) is 30.3. The summed E-state index contributed by atoms with van der Waals surface area (Å²) in [5, 5.41) is 0. The van der Waals surface area contributed by atoms with Gasteiger partial charge in [0.05, 0.1) is 0 Å². The third-order valence-corrected chi connectivity index (χ3v) is 21.5. The lowest BCUT2D eigenvalue weighted by Crippen LogP contribution is -2.36. The lowest BCUT2D eigenvalue weighted by atomic mass is 9.59. The molecule has 0 bridgehead atoms. The fraction of sp³-hybridized carbons (Fsp3) is 0.750. The van der Waals surface area contributed by atoms with Crippen LogP contribution in [-0.4, -0.2) is 0 Å². The molecular weight excluding hydrogens is 1150 g/mol. The van der Waals surface area contributed by atoms with Crippen LogP contribution in [0.25, 0.3) is 0 Å². The van der Waals surface area contributed by atoms with Gasteiger partial charge in [0.25, 0.3) is 0 Å². The average molecular weight is 1340 g/mol. The molecular formula is C96H190. The van der Waals surface area contributed by atoms with Crippen LogP contribution in [-0.2, 0) is 18.3 Å². The van der Waals surface area contributed by atoms with Crippen LogP contribution in [0, 0.1) is 91.8 Å². The predicted molar refractivity (Wildman–Crippen MR) is 462 cm³/mol. The largest absolute Gasteiger partial charge is 0.0776 e. The van der Waals surface area contributed by atoms with Crippen molar-refractivity contribution in [2.45, 2.75) is 413 Å². The standard InChI is InChI=1S/C17H32.C17H20.C10H20.C10H14.C8H16.C8H10.C7H16.C6H14.C3H8.10CH4/c2*1-13-5-9-15(10-6-13)17(3,4)16-11-7-14(2)8-12-16;2*1-3-9-5-7-10(4-2)8-6-9;2*1-7-3-5-8(2)6-4-7;1-5-7(3,4)6-2;1-4-6(3)5-2;1-3-2;;;;;;;;;;/h13-16H,5-12H2,1-4H3;5-12H,1-4H3;9-10H,3-8H2,1-2H3;5-8H,3-4H2,1-2H3;7-8H,3-6H2,1-2H3;3-6H,1-2H3;5-6H2,1-4H3;6H,4-5H2,1-3H3;3H2,1-2H3;10*1H4. The summed E-state index contributed by atoms with van der Waals surface area (Å²) < 4.78 is 0. The monoisotopic (exact) mass is 1340 g/mol. The van der Waals surface area contributed by atoms with Gasteiger partial charge >= 0.3 is 0 Å². The highest BCUT2D eigenvalue weighted by Crippen LogP contribution is 2.49. The maximum absolute atomic E-state index is 2.58. The minimum atomic E-state index is 0. The molecule has 4 aromatic carbocycles. The minimum Gasteiger partial charge on any atom is -0.0776 e. The molecule has 4 aliphatic carbocycles. The normalized spacial score (nSPS) is 19.5. The quantitative estimate of drug-likeness (QED) is 0.133. The number of hydrogen-bond donors (Lipinski definition) is 0. The summed E-state index contributed by atoms with van der Waals surface area (Å²) >= 11 is 0. The van der Waals surface area contributed by atoms with Gasteiger partial charge in [0.2, 0.25) is 0 Å². The van der Waals surface area contributed by atoms with Crippen LogP contribution in [0.1, 0.15) is 412 Å². The first kappa shape index (κ1) is 117. The van der Waals surface area contributed by atoms with Crippen molar-refractivity contribution in [3.8, 4) is 0 Å². The smallest absolute Gasteiger partial charge is 0.0146 e. The molecule has 4 aromatic rings. The molecule has 4 aliphatic rings. The molecule has 0 spiro atoms. The van der Waals surface area contributed by atoms with Crippen molar-refractivity contribution in [3.05, 3.63) is 142 Å². The highest BCUT2D eigenvalue weighted by Gasteiger charge is 2.39. The summed E-state index contributed by atoms with van der Waals surface area (Å²) in [5.74, 6) is 9.13. The SMILES string of the molecule is C.C.C.C.C.C.C.C.C.C.CC1CCC(C(C)(C)C2CCC(C)CC2)CC1.CC1CCC(C)CC1.CCC.CCC(C)(C)CC.CCC(C)CC.CCC1CCC(CC)CC1.CCc1ccc(CC)cc1.Cc1ccc(C(C)(C)c2ccc(C)cc2)cc1.Cc1ccc(C)cc1. The van der Waals surface area contributed by atoms with Crippen LogP contribution in [0.3, 0.4) is 0 Å². The van der Waals surface area contributed by atoms with Gasteiger partial charge in [-0.2, -0.15) is 0 Å². The molecule has 0 nitrogen and oxygen atoms in total. The van der Waals surface area contributed by atoms with E-state index in [9.17, 15) is 0 Å². The molecule has 0 aromatic heterocycles. The highest BCUT2D eigenvalue weighted by atomic mass is 14.4. The Morgan fingerprint density at radius 3 is 0.698 bits per heavy atom. The summed E-state index contributed by atoms with van der Waals surface area (Å²) in [6, 6.07) is 35.0. The van der Waals surface area contributed by atoms with E-state index < -0.39 is 0 Å². The Hall–Kier alpha value is -3.12. The van der Waals surface area contributed by atoms with Crippen molar-refractivity contribution in [2.75, 3.05) is 0 Å². The van der Waals surface area contributed by atoms with Gasteiger partial charge in [0, 0.05) is 5.41 Å². The van der Waals surface area contributed by atoms with Crippen LogP contribution in [0.4, 0.5) is 0 Å². The molecule has 574 valence electrons. The third-order valence-electron chi connectivity index (χ3n) is 21.5. The highest BCUT2D eigenvalue weighted by molar-refractivity contribution is 5.39. The zero-order valence-corrected chi connectivity index (χ0v) is 62.6. The van der Waals surface area contributed by atoms with Crippen LogP contribution in [0.15, 0.2) is 97.1 Å². The van der Waals surface area contributed by atoms with Crippen molar-refractivity contribution in [3.63, 3.8) is 0 Å². The van der Waals surface area contributed by atoms with Gasteiger partial charge in [-0.3, -0.25) is 0 Å². The van der Waals surface area contributed by atoms with Crippen LogP contribution >= 0.6 is 0 Å². The number of hydrogen-bond acceptors (Lipinski definition) is 0. The number of benzene rings is 4. The van der Waals surface area contributed by atoms with Crippen molar-refractivity contribution < 1.29 is 0 Å². The lowest BCUT2D eigenvalue weighted by molar-refractivity contribution is 0.0421. The maximum atomic E-state index is 2.58. The first-order valence-corrected chi connectivity index (χ1v) is 36.9. The molecule has 0 radical (unpaired) electrons. The summed E-state index contributed by atoms with van der Waals surface area (Å²) in [6.45, 7) is 56.9. The summed E-state index contributed by atoms with van der Waals surface area (Å²) in [7, 11) is 0.